The van der Waals surface area contributed by atoms with Crippen LogP contribution in [-0.2, 0) is 6.42 Å². The Bertz CT molecular complexity index is 500. The van der Waals surface area contributed by atoms with E-state index >= 15 is 0 Å². The minimum absolute atomic E-state index is 0.322. The number of nitrogens with one attached hydrogen (secondary N) is 1. The predicted octanol–water partition coefficient (Wildman–Crippen LogP) is 2.29. The number of aliphatic imine (C=N–C) groups is 1. The van der Waals surface area contributed by atoms with Gasteiger partial charge in [0.2, 0.25) is 0 Å². The van der Waals surface area contributed by atoms with Gasteiger partial charge in [-0.2, -0.15) is 5.26 Å². The Hall–Kier alpha value is -1.82. The summed E-state index contributed by atoms with van der Waals surface area (Å²) in [5, 5.41) is 12.9. The highest BCUT2D eigenvalue weighted by Gasteiger charge is 2.45. The van der Waals surface area contributed by atoms with Crippen LogP contribution in [-0.4, -0.2) is 18.4 Å². The molecule has 0 amide bonds. The first-order chi connectivity index (χ1) is 8.82. The fourth-order valence-corrected chi connectivity index (χ4v) is 3.07. The molecule has 0 saturated carbocycles. The largest absolute Gasteiger partial charge is 0.369 e. The van der Waals surface area contributed by atoms with Crippen LogP contribution in [0.15, 0.2) is 35.3 Å². The Labute approximate surface area is 108 Å². The first kappa shape index (κ1) is 11.3. The molecule has 2 aliphatic heterocycles. The van der Waals surface area contributed by atoms with Gasteiger partial charge in [0, 0.05) is 12.6 Å². The van der Waals surface area contributed by atoms with E-state index < -0.39 is 0 Å². The van der Waals surface area contributed by atoms with Gasteiger partial charge in [-0.15, -0.1) is 0 Å². The maximum Gasteiger partial charge on any atom is 0.117 e. The Morgan fingerprint density at radius 2 is 2.22 bits per heavy atom. The second-order valence-electron chi connectivity index (χ2n) is 5.26. The molecule has 1 aromatic rings. The number of fused-ring (bicyclic) bond motifs is 1. The van der Waals surface area contributed by atoms with Gasteiger partial charge in [0.25, 0.3) is 0 Å². The average Bonchev–Trinajstić information content (AvgIpc) is 2.78. The average molecular weight is 239 g/mol. The zero-order valence-electron chi connectivity index (χ0n) is 10.4. The lowest BCUT2D eigenvalue weighted by atomic mass is 9.79. The molecular weight excluding hydrogens is 222 g/mol. The zero-order chi connectivity index (χ0) is 12.4. The number of benzene rings is 1. The molecule has 1 N–H and O–H groups in total. The standard InChI is InChI=1S/C15H17N3/c16-11-15-7-4-8-17-14(15)18-13(10-15)9-12-5-2-1-3-6-12/h1-3,5-6,13H,4,7-10H2,(H,17,18). The highest BCUT2D eigenvalue weighted by atomic mass is 15.1. The van der Waals surface area contributed by atoms with Gasteiger partial charge in [0.15, 0.2) is 0 Å². The van der Waals surface area contributed by atoms with Gasteiger partial charge in [-0.25, -0.2) is 0 Å². The summed E-state index contributed by atoms with van der Waals surface area (Å²) in [4.78, 5) is 4.51. The molecule has 2 heterocycles. The van der Waals surface area contributed by atoms with Crippen molar-refractivity contribution in [2.45, 2.75) is 31.7 Å². The Kier molecular flexibility index (Phi) is 2.79. The summed E-state index contributed by atoms with van der Waals surface area (Å²) < 4.78 is 0. The first-order valence-corrected chi connectivity index (χ1v) is 6.59. The van der Waals surface area contributed by atoms with Gasteiger partial charge >= 0.3 is 0 Å². The predicted molar refractivity (Wildman–Crippen MR) is 71.3 cm³/mol. The first-order valence-electron chi connectivity index (χ1n) is 6.59. The van der Waals surface area contributed by atoms with E-state index in [9.17, 15) is 5.26 Å². The van der Waals surface area contributed by atoms with Gasteiger partial charge in [-0.1, -0.05) is 30.3 Å². The van der Waals surface area contributed by atoms with Gasteiger partial charge < -0.3 is 5.32 Å². The van der Waals surface area contributed by atoms with Crippen molar-refractivity contribution in [3.05, 3.63) is 35.9 Å². The maximum atomic E-state index is 9.46. The molecule has 0 spiro atoms. The Balaban J connectivity index is 1.77. The van der Waals surface area contributed by atoms with Crippen molar-refractivity contribution in [3.63, 3.8) is 0 Å². The lowest BCUT2D eigenvalue weighted by molar-refractivity contribution is 0.432. The molecule has 1 saturated heterocycles. The van der Waals surface area contributed by atoms with E-state index in [1.165, 1.54) is 5.56 Å². The molecule has 1 aromatic carbocycles. The second-order valence-corrected chi connectivity index (χ2v) is 5.26. The molecule has 1 fully saturated rings. The Morgan fingerprint density at radius 1 is 1.39 bits per heavy atom. The topological polar surface area (TPSA) is 48.2 Å². The van der Waals surface area contributed by atoms with Crippen LogP contribution in [0.4, 0.5) is 0 Å². The zero-order valence-corrected chi connectivity index (χ0v) is 10.4. The number of amidine groups is 1. The molecule has 92 valence electrons. The van der Waals surface area contributed by atoms with Crippen LogP contribution in [0, 0.1) is 16.7 Å². The van der Waals surface area contributed by atoms with E-state index in [1.807, 2.05) is 6.07 Å². The number of hydrogen-bond donors (Lipinski definition) is 1. The smallest absolute Gasteiger partial charge is 0.117 e. The van der Waals surface area contributed by atoms with Crippen LogP contribution in [0.3, 0.4) is 0 Å². The summed E-state index contributed by atoms with van der Waals surface area (Å²) in [5.41, 5.74) is 1.000. The summed E-state index contributed by atoms with van der Waals surface area (Å²) in [6, 6.07) is 13.3. The summed E-state index contributed by atoms with van der Waals surface area (Å²) in [5.74, 6) is 0.942. The van der Waals surface area contributed by atoms with E-state index in [2.05, 4.69) is 40.6 Å². The van der Waals surface area contributed by atoms with Gasteiger partial charge in [-0.3, -0.25) is 4.99 Å². The van der Waals surface area contributed by atoms with Gasteiger partial charge in [-0.05, 0) is 31.2 Å². The van der Waals surface area contributed by atoms with Crippen LogP contribution in [0.5, 0.6) is 0 Å². The summed E-state index contributed by atoms with van der Waals surface area (Å²) >= 11 is 0. The summed E-state index contributed by atoms with van der Waals surface area (Å²) in [6.07, 6.45) is 3.87. The third kappa shape index (κ3) is 1.88. The van der Waals surface area contributed by atoms with Crippen molar-refractivity contribution < 1.29 is 0 Å². The fraction of sp³-hybridized carbons (Fsp3) is 0.467. The van der Waals surface area contributed by atoms with E-state index in [1.54, 1.807) is 0 Å². The molecule has 0 aromatic heterocycles. The number of nitrogens with zero attached hydrogens (tertiary/aromatic N) is 2. The maximum absolute atomic E-state index is 9.46. The molecule has 2 unspecified atom stereocenters. The molecule has 0 bridgehead atoms. The number of rotatable bonds is 2. The molecule has 2 atom stereocenters. The molecule has 18 heavy (non-hydrogen) atoms. The molecule has 0 radical (unpaired) electrons. The molecule has 3 heteroatoms. The number of nitriles is 1. The highest BCUT2D eigenvalue weighted by molar-refractivity contribution is 5.93. The van der Waals surface area contributed by atoms with Crippen molar-refractivity contribution in [2.75, 3.05) is 6.54 Å². The Morgan fingerprint density at radius 3 is 2.94 bits per heavy atom. The number of hydrogen-bond acceptors (Lipinski definition) is 3. The van der Waals surface area contributed by atoms with Crippen molar-refractivity contribution in [2.24, 2.45) is 10.4 Å². The van der Waals surface area contributed by atoms with Crippen LogP contribution in [0.2, 0.25) is 0 Å². The third-order valence-electron chi connectivity index (χ3n) is 3.96. The fourth-order valence-electron chi connectivity index (χ4n) is 3.07. The lowest BCUT2D eigenvalue weighted by Crippen LogP contribution is -2.34. The molecular formula is C15H17N3. The van der Waals surface area contributed by atoms with E-state index in [0.29, 0.717) is 6.04 Å². The molecule has 3 nitrogen and oxygen atoms in total. The van der Waals surface area contributed by atoms with Crippen molar-refractivity contribution in [3.8, 4) is 6.07 Å². The molecule has 2 aliphatic rings. The van der Waals surface area contributed by atoms with E-state index in [-0.39, 0.29) is 5.41 Å². The SMILES string of the molecule is N#CC12CCCN=C1NC(Cc1ccccc1)C2. The van der Waals surface area contributed by atoms with Crippen LogP contribution in [0.25, 0.3) is 0 Å². The second kappa shape index (κ2) is 4.45. The van der Waals surface area contributed by atoms with Crippen molar-refractivity contribution in [1.82, 2.24) is 5.32 Å². The highest BCUT2D eigenvalue weighted by Crippen LogP contribution is 2.38. The lowest BCUT2D eigenvalue weighted by Gasteiger charge is -2.23. The quantitative estimate of drug-likeness (QED) is 0.860. The van der Waals surface area contributed by atoms with Crippen LogP contribution >= 0.6 is 0 Å². The minimum Gasteiger partial charge on any atom is -0.369 e. The minimum atomic E-state index is -0.322. The van der Waals surface area contributed by atoms with Crippen LogP contribution in [0.1, 0.15) is 24.8 Å². The third-order valence-corrected chi connectivity index (χ3v) is 3.96. The van der Waals surface area contributed by atoms with E-state index in [4.69, 9.17) is 0 Å². The normalized spacial score (nSPS) is 29.9. The van der Waals surface area contributed by atoms with E-state index in [0.717, 1.165) is 38.1 Å². The van der Waals surface area contributed by atoms with Crippen LogP contribution < -0.4 is 5.32 Å². The van der Waals surface area contributed by atoms with Gasteiger partial charge in [0.1, 0.15) is 11.3 Å². The summed E-state index contributed by atoms with van der Waals surface area (Å²) in [6.45, 7) is 0.865. The molecule has 0 aliphatic carbocycles. The summed E-state index contributed by atoms with van der Waals surface area (Å²) in [7, 11) is 0. The monoisotopic (exact) mass is 239 g/mol. The van der Waals surface area contributed by atoms with Gasteiger partial charge in [0.05, 0.1) is 6.07 Å². The van der Waals surface area contributed by atoms with Crippen molar-refractivity contribution in [1.29, 1.82) is 5.26 Å². The molecule has 3 rings (SSSR count). The van der Waals surface area contributed by atoms with Crippen molar-refractivity contribution >= 4 is 5.84 Å².